The maximum absolute atomic E-state index is 13.8. The average Bonchev–Trinajstić information content (AvgIpc) is 2.97. The Hall–Kier alpha value is -2.21. The van der Waals surface area contributed by atoms with Gasteiger partial charge in [-0.1, -0.05) is 17.3 Å². The van der Waals surface area contributed by atoms with Crippen LogP contribution in [-0.4, -0.2) is 53.6 Å². The monoisotopic (exact) mass is 303 g/mol. The SMILES string of the molecule is C[C@H]1CN(C)CCN1C(=O)c1cc(-c2ccccc2F)on1. The fourth-order valence-electron chi connectivity index (χ4n) is 2.75. The average molecular weight is 303 g/mol. The van der Waals surface area contributed by atoms with E-state index in [4.69, 9.17) is 4.52 Å². The number of benzene rings is 1. The smallest absolute Gasteiger partial charge is 0.276 e. The summed E-state index contributed by atoms with van der Waals surface area (Å²) in [5.74, 6) is -0.305. The summed E-state index contributed by atoms with van der Waals surface area (Å²) in [6, 6.07) is 7.88. The number of nitrogens with zero attached hydrogens (tertiary/aromatic N) is 3. The Kier molecular flexibility index (Phi) is 3.94. The van der Waals surface area contributed by atoms with Crippen LogP contribution < -0.4 is 0 Å². The van der Waals surface area contributed by atoms with Gasteiger partial charge in [-0.3, -0.25) is 4.79 Å². The molecule has 1 aromatic carbocycles. The van der Waals surface area contributed by atoms with Crippen molar-refractivity contribution in [1.29, 1.82) is 0 Å². The Morgan fingerprint density at radius 1 is 1.36 bits per heavy atom. The van der Waals surface area contributed by atoms with E-state index >= 15 is 0 Å². The van der Waals surface area contributed by atoms with E-state index in [1.54, 1.807) is 23.1 Å². The van der Waals surface area contributed by atoms with Crippen LogP contribution in [0.5, 0.6) is 0 Å². The lowest BCUT2D eigenvalue weighted by Crippen LogP contribution is -2.52. The largest absolute Gasteiger partial charge is 0.355 e. The molecule has 0 radical (unpaired) electrons. The second kappa shape index (κ2) is 5.88. The van der Waals surface area contributed by atoms with Gasteiger partial charge in [-0.25, -0.2) is 4.39 Å². The highest BCUT2D eigenvalue weighted by Crippen LogP contribution is 2.24. The van der Waals surface area contributed by atoms with E-state index in [0.29, 0.717) is 12.1 Å². The van der Waals surface area contributed by atoms with Crippen LogP contribution in [0.2, 0.25) is 0 Å². The van der Waals surface area contributed by atoms with Gasteiger partial charge >= 0.3 is 0 Å². The molecule has 1 fully saturated rings. The normalized spacial score (nSPS) is 19.4. The van der Waals surface area contributed by atoms with Gasteiger partial charge in [0, 0.05) is 31.7 Å². The summed E-state index contributed by atoms with van der Waals surface area (Å²) in [5.41, 5.74) is 0.523. The van der Waals surface area contributed by atoms with Crippen LogP contribution in [0.1, 0.15) is 17.4 Å². The summed E-state index contributed by atoms with van der Waals surface area (Å²) in [6.45, 7) is 4.31. The standard InChI is InChI=1S/C16H18FN3O2/c1-11-10-19(2)7-8-20(11)16(21)14-9-15(22-18-14)12-5-3-4-6-13(12)17/h3-6,9,11H,7-8,10H2,1-2H3/t11-/m0/s1. The first-order valence-corrected chi connectivity index (χ1v) is 7.27. The quantitative estimate of drug-likeness (QED) is 0.854. The molecule has 2 heterocycles. The van der Waals surface area contributed by atoms with Crippen LogP contribution in [-0.2, 0) is 0 Å². The zero-order chi connectivity index (χ0) is 15.7. The maximum Gasteiger partial charge on any atom is 0.276 e. The maximum atomic E-state index is 13.8. The van der Waals surface area contributed by atoms with Crippen molar-refractivity contribution < 1.29 is 13.7 Å². The Morgan fingerprint density at radius 2 is 2.14 bits per heavy atom. The molecule has 6 heteroatoms. The Balaban J connectivity index is 1.82. The second-order valence-electron chi connectivity index (χ2n) is 5.67. The Bertz CT molecular complexity index is 686. The topological polar surface area (TPSA) is 49.6 Å². The van der Waals surface area contributed by atoms with Gasteiger partial charge in [-0.15, -0.1) is 0 Å². The summed E-state index contributed by atoms with van der Waals surface area (Å²) in [5, 5.41) is 3.82. The van der Waals surface area contributed by atoms with Gasteiger partial charge < -0.3 is 14.3 Å². The zero-order valence-electron chi connectivity index (χ0n) is 12.6. The molecule has 1 atom stereocenters. The predicted molar refractivity (Wildman–Crippen MR) is 79.9 cm³/mol. The van der Waals surface area contributed by atoms with Crippen LogP contribution in [0, 0.1) is 5.82 Å². The molecule has 0 N–H and O–H groups in total. The molecule has 0 saturated carbocycles. The van der Waals surface area contributed by atoms with E-state index in [1.165, 1.54) is 12.1 Å². The molecule has 1 amide bonds. The molecular weight excluding hydrogens is 285 g/mol. The van der Waals surface area contributed by atoms with Crippen LogP contribution in [0.4, 0.5) is 4.39 Å². The highest BCUT2D eigenvalue weighted by molar-refractivity contribution is 5.93. The highest BCUT2D eigenvalue weighted by Gasteiger charge is 2.28. The van der Waals surface area contributed by atoms with Gasteiger partial charge in [-0.05, 0) is 26.1 Å². The molecule has 1 aliphatic heterocycles. The molecule has 0 unspecified atom stereocenters. The molecule has 1 aliphatic rings. The lowest BCUT2D eigenvalue weighted by Gasteiger charge is -2.37. The number of hydrogen-bond donors (Lipinski definition) is 0. The molecule has 0 aliphatic carbocycles. The first-order valence-electron chi connectivity index (χ1n) is 7.27. The molecule has 1 aromatic heterocycles. The van der Waals surface area contributed by atoms with E-state index in [2.05, 4.69) is 10.1 Å². The minimum atomic E-state index is -0.398. The summed E-state index contributed by atoms with van der Waals surface area (Å²) in [4.78, 5) is 16.5. The number of carbonyl (C=O) groups excluding carboxylic acids is 1. The number of amides is 1. The summed E-state index contributed by atoms with van der Waals surface area (Å²) >= 11 is 0. The fourth-order valence-corrected chi connectivity index (χ4v) is 2.75. The Morgan fingerprint density at radius 3 is 2.86 bits per heavy atom. The molecule has 22 heavy (non-hydrogen) atoms. The minimum absolute atomic E-state index is 0.111. The van der Waals surface area contributed by atoms with E-state index in [0.717, 1.165) is 13.1 Å². The lowest BCUT2D eigenvalue weighted by atomic mass is 10.1. The number of rotatable bonds is 2. The van der Waals surface area contributed by atoms with Crippen molar-refractivity contribution in [3.8, 4) is 11.3 Å². The lowest BCUT2D eigenvalue weighted by molar-refractivity contribution is 0.0523. The van der Waals surface area contributed by atoms with E-state index in [1.807, 2.05) is 14.0 Å². The first-order chi connectivity index (χ1) is 10.6. The molecule has 0 bridgehead atoms. The van der Waals surface area contributed by atoms with Crippen molar-refractivity contribution in [1.82, 2.24) is 15.0 Å². The molecule has 0 spiro atoms. The van der Waals surface area contributed by atoms with Gasteiger partial charge in [-0.2, -0.15) is 0 Å². The second-order valence-corrected chi connectivity index (χ2v) is 5.67. The van der Waals surface area contributed by atoms with Crippen LogP contribution in [0.25, 0.3) is 11.3 Å². The van der Waals surface area contributed by atoms with Gasteiger partial charge in [0.05, 0.1) is 5.56 Å². The van der Waals surface area contributed by atoms with E-state index in [9.17, 15) is 9.18 Å². The molecule has 3 rings (SSSR count). The molecule has 5 nitrogen and oxygen atoms in total. The van der Waals surface area contributed by atoms with Gasteiger partial charge in [0.15, 0.2) is 11.5 Å². The third kappa shape index (κ3) is 2.74. The fraction of sp³-hybridized carbons (Fsp3) is 0.375. The molecule has 1 saturated heterocycles. The number of halogens is 1. The summed E-state index contributed by atoms with van der Waals surface area (Å²) in [6.07, 6.45) is 0. The van der Waals surface area contributed by atoms with Crippen molar-refractivity contribution in [2.75, 3.05) is 26.7 Å². The number of piperazine rings is 1. The first kappa shape index (κ1) is 14.7. The van der Waals surface area contributed by atoms with Crippen molar-refractivity contribution >= 4 is 5.91 Å². The van der Waals surface area contributed by atoms with E-state index in [-0.39, 0.29) is 23.4 Å². The van der Waals surface area contributed by atoms with Crippen molar-refractivity contribution in [2.24, 2.45) is 0 Å². The Labute approximate surface area is 128 Å². The predicted octanol–water partition coefficient (Wildman–Crippen LogP) is 2.26. The van der Waals surface area contributed by atoms with Gasteiger partial charge in [0.2, 0.25) is 0 Å². The summed E-state index contributed by atoms with van der Waals surface area (Å²) < 4.78 is 18.9. The molecule has 2 aromatic rings. The number of aromatic nitrogens is 1. The van der Waals surface area contributed by atoms with Gasteiger partial charge in [0.25, 0.3) is 5.91 Å². The number of likely N-dealkylation sites (N-methyl/N-ethyl adjacent to an activating group) is 1. The van der Waals surface area contributed by atoms with Crippen molar-refractivity contribution in [3.05, 3.63) is 41.8 Å². The number of hydrogen-bond acceptors (Lipinski definition) is 4. The molecular formula is C16H18FN3O2. The highest BCUT2D eigenvalue weighted by atomic mass is 19.1. The third-order valence-corrected chi connectivity index (χ3v) is 3.96. The van der Waals surface area contributed by atoms with E-state index < -0.39 is 5.82 Å². The van der Waals surface area contributed by atoms with Crippen molar-refractivity contribution in [3.63, 3.8) is 0 Å². The van der Waals surface area contributed by atoms with Crippen LogP contribution in [0.15, 0.2) is 34.9 Å². The van der Waals surface area contributed by atoms with Gasteiger partial charge in [0.1, 0.15) is 5.82 Å². The van der Waals surface area contributed by atoms with Crippen molar-refractivity contribution in [2.45, 2.75) is 13.0 Å². The van der Waals surface area contributed by atoms with Crippen LogP contribution in [0.3, 0.4) is 0 Å². The van der Waals surface area contributed by atoms with Crippen LogP contribution >= 0.6 is 0 Å². The summed E-state index contributed by atoms with van der Waals surface area (Å²) in [7, 11) is 2.03. The third-order valence-electron chi connectivity index (χ3n) is 3.96. The minimum Gasteiger partial charge on any atom is -0.355 e. The number of carbonyl (C=O) groups is 1. The molecule has 116 valence electrons. The zero-order valence-corrected chi connectivity index (χ0v) is 12.6.